The Labute approximate surface area is 166 Å². The molecule has 2 N–H and O–H groups in total. The molecule has 0 spiro atoms. The predicted octanol–water partition coefficient (Wildman–Crippen LogP) is 2.96. The second kappa shape index (κ2) is 7.24. The van der Waals surface area contributed by atoms with Crippen molar-refractivity contribution in [3.8, 4) is 11.8 Å². The van der Waals surface area contributed by atoms with E-state index in [1.165, 1.54) is 12.1 Å². The summed E-state index contributed by atoms with van der Waals surface area (Å²) in [6, 6.07) is 13.1. The van der Waals surface area contributed by atoms with Crippen molar-refractivity contribution in [1.82, 2.24) is 9.55 Å². The van der Waals surface area contributed by atoms with Gasteiger partial charge in [-0.1, -0.05) is 18.2 Å². The lowest BCUT2D eigenvalue weighted by Gasteiger charge is -2.27. The average molecular weight is 388 g/mol. The first kappa shape index (κ1) is 18.4. The van der Waals surface area contributed by atoms with Gasteiger partial charge in [-0.2, -0.15) is 5.26 Å². The maximum absolute atomic E-state index is 13.5. The van der Waals surface area contributed by atoms with Gasteiger partial charge in [-0.25, -0.2) is 4.39 Å². The smallest absolute Gasteiger partial charge is 0.259 e. The molecule has 0 aliphatic carbocycles. The van der Waals surface area contributed by atoms with Crippen molar-refractivity contribution >= 4 is 0 Å². The third kappa shape index (κ3) is 3.25. The topological polar surface area (TPSA) is 93.9 Å². The van der Waals surface area contributed by atoms with Gasteiger partial charge in [0.2, 0.25) is 5.88 Å². The van der Waals surface area contributed by atoms with Crippen molar-refractivity contribution in [2.45, 2.75) is 19.4 Å². The number of pyridine rings is 2. The largest absolute Gasteiger partial charge is 0.440 e. The average Bonchev–Trinajstić information content (AvgIpc) is 2.71. The van der Waals surface area contributed by atoms with E-state index in [9.17, 15) is 14.4 Å². The molecule has 0 saturated heterocycles. The molecule has 4 rings (SSSR count). The lowest BCUT2D eigenvalue weighted by atomic mass is 9.84. The Morgan fingerprint density at radius 2 is 2.07 bits per heavy atom. The second-order valence-corrected chi connectivity index (χ2v) is 6.79. The van der Waals surface area contributed by atoms with E-state index in [-0.39, 0.29) is 17.0 Å². The molecule has 1 atom stereocenters. The highest BCUT2D eigenvalue weighted by Crippen LogP contribution is 2.40. The molecular weight excluding hydrogens is 371 g/mol. The van der Waals surface area contributed by atoms with Crippen molar-refractivity contribution in [2.24, 2.45) is 5.73 Å². The van der Waals surface area contributed by atoms with Crippen molar-refractivity contribution in [3.63, 3.8) is 0 Å². The number of benzene rings is 1. The molecule has 0 amide bonds. The van der Waals surface area contributed by atoms with Crippen LogP contribution in [0.25, 0.3) is 0 Å². The summed E-state index contributed by atoms with van der Waals surface area (Å²) in [6.07, 6.45) is 3.36. The number of nitrogens with two attached hydrogens (primary N) is 1. The molecule has 0 bridgehead atoms. The monoisotopic (exact) mass is 388 g/mol. The van der Waals surface area contributed by atoms with Crippen LogP contribution in [-0.2, 0) is 6.54 Å². The van der Waals surface area contributed by atoms with Crippen LogP contribution in [0.15, 0.2) is 71.1 Å². The molecule has 3 aromatic rings. The number of hydrogen-bond donors (Lipinski definition) is 1. The highest BCUT2D eigenvalue weighted by molar-refractivity contribution is 5.55. The Morgan fingerprint density at radius 3 is 2.72 bits per heavy atom. The minimum atomic E-state index is -0.738. The summed E-state index contributed by atoms with van der Waals surface area (Å²) in [7, 11) is 0. The number of nitriles is 1. The van der Waals surface area contributed by atoms with Gasteiger partial charge in [0.15, 0.2) is 0 Å². The van der Waals surface area contributed by atoms with E-state index in [1.807, 2.05) is 12.1 Å². The molecule has 7 heteroatoms. The fraction of sp³-hybridized carbons (Fsp3) is 0.136. The molecule has 1 aliphatic rings. The van der Waals surface area contributed by atoms with Crippen molar-refractivity contribution in [2.75, 3.05) is 0 Å². The van der Waals surface area contributed by atoms with E-state index in [4.69, 9.17) is 10.5 Å². The van der Waals surface area contributed by atoms with Crippen LogP contribution in [0.2, 0.25) is 0 Å². The summed E-state index contributed by atoms with van der Waals surface area (Å²) in [5.41, 5.74) is 8.24. The maximum atomic E-state index is 13.5. The molecule has 0 unspecified atom stereocenters. The van der Waals surface area contributed by atoms with Crippen LogP contribution in [0.4, 0.5) is 4.39 Å². The van der Waals surface area contributed by atoms with Crippen LogP contribution in [0.3, 0.4) is 0 Å². The first-order chi connectivity index (χ1) is 14.0. The van der Waals surface area contributed by atoms with Crippen LogP contribution in [0.5, 0.6) is 5.75 Å². The molecule has 3 heterocycles. The number of allylic oxidation sites excluding steroid dienone is 1. The lowest BCUT2D eigenvalue weighted by molar-refractivity contribution is 0.389. The molecule has 144 valence electrons. The van der Waals surface area contributed by atoms with Crippen LogP contribution in [0, 0.1) is 24.1 Å². The van der Waals surface area contributed by atoms with E-state index in [0.29, 0.717) is 29.1 Å². The van der Waals surface area contributed by atoms with Gasteiger partial charge in [-0.3, -0.25) is 9.78 Å². The number of halogens is 1. The number of aryl methyl sites for hydroxylation is 1. The molecule has 1 aliphatic heterocycles. The number of hydrogen-bond acceptors (Lipinski definition) is 5. The van der Waals surface area contributed by atoms with E-state index in [2.05, 4.69) is 4.98 Å². The standard InChI is InChI=1S/C22H17FN4O2/c1-13-9-18-20(22(28)27(13)12-14-3-2-8-26-11-14)19(17(10-24)21(25)29-18)15-4-6-16(23)7-5-15/h2-9,11,19H,12,25H2,1H3/t19-/m0/s1. The number of fused-ring (bicyclic) bond motifs is 1. The van der Waals surface area contributed by atoms with E-state index in [1.54, 1.807) is 48.1 Å². The van der Waals surface area contributed by atoms with Gasteiger partial charge in [0.1, 0.15) is 23.2 Å². The van der Waals surface area contributed by atoms with Crippen molar-refractivity contribution in [3.05, 3.63) is 105 Å². The minimum Gasteiger partial charge on any atom is -0.440 e. The summed E-state index contributed by atoms with van der Waals surface area (Å²) < 4.78 is 20.7. The predicted molar refractivity (Wildman–Crippen MR) is 104 cm³/mol. The molecule has 0 fully saturated rings. The SMILES string of the molecule is Cc1cc2c(c(=O)n1Cc1cccnc1)[C@@H](c1ccc(F)cc1)C(C#N)=C(N)O2. The zero-order chi connectivity index (χ0) is 20.5. The van der Waals surface area contributed by atoms with Gasteiger partial charge >= 0.3 is 0 Å². The van der Waals surface area contributed by atoms with Crippen molar-refractivity contribution < 1.29 is 9.13 Å². The highest BCUT2D eigenvalue weighted by atomic mass is 19.1. The first-order valence-corrected chi connectivity index (χ1v) is 8.96. The van der Waals surface area contributed by atoms with E-state index in [0.717, 1.165) is 5.56 Å². The van der Waals surface area contributed by atoms with Gasteiger partial charge in [-0.15, -0.1) is 0 Å². The first-order valence-electron chi connectivity index (χ1n) is 8.96. The molecule has 6 nitrogen and oxygen atoms in total. The lowest BCUT2D eigenvalue weighted by Crippen LogP contribution is -2.33. The van der Waals surface area contributed by atoms with Crippen LogP contribution < -0.4 is 16.0 Å². The number of rotatable bonds is 3. The Hall–Kier alpha value is -3.92. The Kier molecular flexibility index (Phi) is 4.61. The van der Waals surface area contributed by atoms with Gasteiger partial charge in [0, 0.05) is 24.2 Å². The van der Waals surface area contributed by atoms with Gasteiger partial charge in [-0.05, 0) is 36.2 Å². The molecule has 2 aromatic heterocycles. The third-order valence-electron chi connectivity index (χ3n) is 4.96. The summed E-state index contributed by atoms with van der Waals surface area (Å²) >= 11 is 0. The number of aromatic nitrogens is 2. The molecule has 0 radical (unpaired) electrons. The minimum absolute atomic E-state index is 0.0573. The number of nitrogens with zero attached hydrogens (tertiary/aromatic N) is 3. The van der Waals surface area contributed by atoms with Crippen LogP contribution >= 0.6 is 0 Å². The molecular formula is C22H17FN4O2. The maximum Gasteiger partial charge on any atom is 0.259 e. The summed E-state index contributed by atoms with van der Waals surface area (Å²) in [5, 5.41) is 9.66. The second-order valence-electron chi connectivity index (χ2n) is 6.79. The third-order valence-corrected chi connectivity index (χ3v) is 4.96. The number of ether oxygens (including phenoxy) is 1. The van der Waals surface area contributed by atoms with Gasteiger partial charge < -0.3 is 15.0 Å². The zero-order valence-corrected chi connectivity index (χ0v) is 15.6. The fourth-order valence-electron chi connectivity index (χ4n) is 3.55. The van der Waals surface area contributed by atoms with Gasteiger partial charge in [0.25, 0.3) is 5.56 Å². The van der Waals surface area contributed by atoms with E-state index >= 15 is 0 Å². The summed E-state index contributed by atoms with van der Waals surface area (Å²) in [6.45, 7) is 2.12. The Balaban J connectivity index is 1.92. The normalized spacial score (nSPS) is 15.4. The van der Waals surface area contributed by atoms with Gasteiger partial charge in [0.05, 0.1) is 18.0 Å². The fourth-order valence-corrected chi connectivity index (χ4v) is 3.55. The summed E-state index contributed by atoms with van der Waals surface area (Å²) in [5.74, 6) is -0.897. The molecule has 0 saturated carbocycles. The van der Waals surface area contributed by atoms with Crippen LogP contribution in [-0.4, -0.2) is 9.55 Å². The highest BCUT2D eigenvalue weighted by Gasteiger charge is 2.34. The summed E-state index contributed by atoms with van der Waals surface area (Å²) in [4.78, 5) is 17.6. The van der Waals surface area contributed by atoms with E-state index < -0.39 is 11.7 Å². The molecule has 29 heavy (non-hydrogen) atoms. The Bertz CT molecular complexity index is 1210. The van der Waals surface area contributed by atoms with Crippen LogP contribution in [0.1, 0.15) is 28.3 Å². The zero-order valence-electron chi connectivity index (χ0n) is 15.6. The van der Waals surface area contributed by atoms with Crippen molar-refractivity contribution in [1.29, 1.82) is 5.26 Å². The molecule has 1 aromatic carbocycles. The Morgan fingerprint density at radius 1 is 1.31 bits per heavy atom. The quantitative estimate of drug-likeness (QED) is 0.744.